The second-order valence-electron chi connectivity index (χ2n) is 14.8. The summed E-state index contributed by atoms with van der Waals surface area (Å²) < 4.78 is 11.3. The van der Waals surface area contributed by atoms with Crippen molar-refractivity contribution < 1.29 is 4.74 Å². The van der Waals surface area contributed by atoms with Crippen LogP contribution in [0, 0.1) is 20.8 Å². The monoisotopic (exact) mass is 688 g/mol. The van der Waals surface area contributed by atoms with E-state index in [0.717, 1.165) is 72.6 Å². The highest BCUT2D eigenvalue weighted by molar-refractivity contribution is 6.09. The highest BCUT2D eigenvalue weighted by Gasteiger charge is 2.23. The number of para-hydroxylation sites is 1. The van der Waals surface area contributed by atoms with Gasteiger partial charge < -0.3 is 4.74 Å². The van der Waals surface area contributed by atoms with E-state index in [1.807, 2.05) is 6.20 Å². The zero-order chi connectivity index (χ0) is 36.5. The van der Waals surface area contributed by atoms with Crippen molar-refractivity contribution >= 4 is 21.8 Å². The maximum Gasteiger partial charge on any atom is 0.137 e. The SMILES string of the molecule is CCCc1ccnc(-n2c3ccccc3c3ccc(Oc4cc(C(C)C)cc(-n5nc(CCC)c(-c6c(C)cc(C)cc6C)c5CCC)c4)cc32)c1. The lowest BCUT2D eigenvalue weighted by molar-refractivity contribution is 0.481. The minimum Gasteiger partial charge on any atom is -0.457 e. The zero-order valence-electron chi connectivity index (χ0n) is 32.2. The van der Waals surface area contributed by atoms with E-state index >= 15 is 0 Å². The standard InChI is InChI=1S/C47H52N4O/c1-9-14-34-21-22-48-45(25-34)50-42-18-13-12-17-39(42)40-20-19-37(29-44(40)50)52-38-27-35(30(4)5)26-36(28-38)51-43(16-11-3)47(41(49-51)15-10-2)46-32(7)23-31(6)24-33(46)8/h12-13,17-30H,9-11,14-16H2,1-8H3. The number of benzene rings is 4. The van der Waals surface area contributed by atoms with Crippen LogP contribution < -0.4 is 4.74 Å². The van der Waals surface area contributed by atoms with Crippen LogP contribution >= 0.6 is 0 Å². The molecule has 0 aliphatic carbocycles. The molecular formula is C47H52N4O. The average molecular weight is 689 g/mol. The Balaban J connectivity index is 1.37. The van der Waals surface area contributed by atoms with Gasteiger partial charge in [0.15, 0.2) is 0 Å². The summed E-state index contributed by atoms with van der Waals surface area (Å²) in [4.78, 5) is 4.85. The van der Waals surface area contributed by atoms with Crippen LogP contribution in [0.25, 0.3) is 44.4 Å². The van der Waals surface area contributed by atoms with Crippen LogP contribution in [0.5, 0.6) is 11.5 Å². The summed E-state index contributed by atoms with van der Waals surface area (Å²) in [6.07, 6.45) is 8.00. The van der Waals surface area contributed by atoms with Crippen molar-refractivity contribution in [3.05, 3.63) is 130 Å². The van der Waals surface area contributed by atoms with Crippen molar-refractivity contribution in [2.45, 2.75) is 99.8 Å². The third kappa shape index (κ3) is 6.65. The predicted molar refractivity (Wildman–Crippen MR) is 218 cm³/mol. The molecule has 0 fully saturated rings. The van der Waals surface area contributed by atoms with Gasteiger partial charge in [-0.05, 0) is 116 Å². The van der Waals surface area contributed by atoms with Crippen LogP contribution in [0.1, 0.15) is 99.0 Å². The van der Waals surface area contributed by atoms with Crippen molar-refractivity contribution in [2.24, 2.45) is 0 Å². The molecule has 0 bridgehead atoms. The van der Waals surface area contributed by atoms with E-state index in [-0.39, 0.29) is 0 Å². The third-order valence-corrected chi connectivity index (χ3v) is 10.2. The van der Waals surface area contributed by atoms with Gasteiger partial charge in [-0.3, -0.25) is 4.57 Å². The molecule has 0 radical (unpaired) electrons. The predicted octanol–water partition coefficient (Wildman–Crippen LogP) is 12.7. The molecule has 52 heavy (non-hydrogen) atoms. The van der Waals surface area contributed by atoms with Crippen LogP contribution in [-0.4, -0.2) is 19.3 Å². The van der Waals surface area contributed by atoms with Crippen molar-refractivity contribution in [3.63, 3.8) is 0 Å². The minimum absolute atomic E-state index is 0.315. The summed E-state index contributed by atoms with van der Waals surface area (Å²) in [5, 5.41) is 7.79. The van der Waals surface area contributed by atoms with E-state index in [9.17, 15) is 0 Å². The van der Waals surface area contributed by atoms with Gasteiger partial charge in [-0.15, -0.1) is 0 Å². The number of rotatable bonds is 12. The van der Waals surface area contributed by atoms with E-state index in [4.69, 9.17) is 14.8 Å². The van der Waals surface area contributed by atoms with E-state index < -0.39 is 0 Å². The zero-order valence-corrected chi connectivity index (χ0v) is 32.2. The van der Waals surface area contributed by atoms with Gasteiger partial charge in [-0.2, -0.15) is 5.10 Å². The molecule has 0 unspecified atom stereocenters. The molecule has 5 heteroatoms. The van der Waals surface area contributed by atoms with Gasteiger partial charge in [0.05, 0.1) is 28.1 Å². The summed E-state index contributed by atoms with van der Waals surface area (Å²) in [6.45, 7) is 17.9. The summed E-state index contributed by atoms with van der Waals surface area (Å²) in [5.74, 6) is 2.85. The molecule has 266 valence electrons. The fourth-order valence-corrected chi connectivity index (χ4v) is 8.00. The number of pyridine rings is 1. The van der Waals surface area contributed by atoms with Gasteiger partial charge in [0.2, 0.25) is 0 Å². The fraction of sp³-hybridized carbons (Fsp3) is 0.319. The van der Waals surface area contributed by atoms with Crippen molar-refractivity contribution in [3.8, 4) is 34.1 Å². The van der Waals surface area contributed by atoms with Gasteiger partial charge in [0, 0.05) is 34.7 Å². The largest absolute Gasteiger partial charge is 0.457 e. The quantitative estimate of drug-likeness (QED) is 0.128. The minimum atomic E-state index is 0.315. The summed E-state index contributed by atoms with van der Waals surface area (Å²) >= 11 is 0. The highest BCUT2D eigenvalue weighted by atomic mass is 16.5. The number of hydrogen-bond acceptors (Lipinski definition) is 3. The third-order valence-electron chi connectivity index (χ3n) is 10.2. The van der Waals surface area contributed by atoms with E-state index in [0.29, 0.717) is 5.92 Å². The molecule has 4 aromatic carbocycles. The molecule has 0 spiro atoms. The average Bonchev–Trinajstić information content (AvgIpc) is 3.63. The Labute approximate surface area is 309 Å². The first-order valence-electron chi connectivity index (χ1n) is 19.2. The second-order valence-corrected chi connectivity index (χ2v) is 14.8. The molecule has 0 atom stereocenters. The topological polar surface area (TPSA) is 44.9 Å². The Morgan fingerprint density at radius 3 is 2.13 bits per heavy atom. The molecule has 0 aliphatic heterocycles. The highest BCUT2D eigenvalue weighted by Crippen LogP contribution is 2.39. The lowest BCUT2D eigenvalue weighted by Gasteiger charge is -2.17. The molecule has 0 amide bonds. The Morgan fingerprint density at radius 2 is 1.40 bits per heavy atom. The molecule has 3 aromatic heterocycles. The first-order valence-corrected chi connectivity index (χ1v) is 19.2. The van der Waals surface area contributed by atoms with Crippen molar-refractivity contribution in [1.29, 1.82) is 0 Å². The van der Waals surface area contributed by atoms with Crippen LogP contribution in [0.15, 0.2) is 91.1 Å². The van der Waals surface area contributed by atoms with Crippen molar-refractivity contribution in [2.75, 3.05) is 0 Å². The number of ether oxygens (including phenoxy) is 1. The summed E-state index contributed by atoms with van der Waals surface area (Å²) in [7, 11) is 0. The smallest absolute Gasteiger partial charge is 0.137 e. The van der Waals surface area contributed by atoms with Crippen LogP contribution in [-0.2, 0) is 19.3 Å². The Morgan fingerprint density at radius 1 is 0.673 bits per heavy atom. The maximum absolute atomic E-state index is 6.83. The van der Waals surface area contributed by atoms with Gasteiger partial charge in [0.25, 0.3) is 0 Å². The Kier molecular flexibility index (Phi) is 10.1. The normalized spacial score (nSPS) is 11.7. The van der Waals surface area contributed by atoms with Gasteiger partial charge >= 0.3 is 0 Å². The number of aryl methyl sites for hydroxylation is 5. The molecule has 3 heterocycles. The molecule has 0 saturated carbocycles. The molecule has 5 nitrogen and oxygen atoms in total. The number of aromatic nitrogens is 4. The molecule has 7 aromatic rings. The lowest BCUT2D eigenvalue weighted by Crippen LogP contribution is -2.05. The summed E-state index contributed by atoms with van der Waals surface area (Å²) in [6, 6.07) is 30.7. The van der Waals surface area contributed by atoms with Crippen LogP contribution in [0.4, 0.5) is 0 Å². The number of fused-ring (bicyclic) bond motifs is 3. The second kappa shape index (κ2) is 14.8. The van der Waals surface area contributed by atoms with E-state index in [2.05, 4.69) is 150 Å². The van der Waals surface area contributed by atoms with Crippen LogP contribution in [0.2, 0.25) is 0 Å². The molecule has 0 N–H and O–H groups in total. The lowest BCUT2D eigenvalue weighted by atomic mass is 9.90. The molecule has 0 aliphatic rings. The first-order chi connectivity index (χ1) is 25.2. The Bertz CT molecular complexity index is 2370. The molecule has 0 saturated heterocycles. The fourth-order valence-electron chi connectivity index (χ4n) is 8.00. The van der Waals surface area contributed by atoms with Crippen LogP contribution in [0.3, 0.4) is 0 Å². The molecular weight excluding hydrogens is 637 g/mol. The first kappa shape index (κ1) is 35.3. The van der Waals surface area contributed by atoms with Gasteiger partial charge in [-0.1, -0.05) is 89.8 Å². The Hall–Kier alpha value is -5.16. The molecule has 7 rings (SSSR count). The van der Waals surface area contributed by atoms with Gasteiger partial charge in [0.1, 0.15) is 17.3 Å². The summed E-state index contributed by atoms with van der Waals surface area (Å²) in [5.41, 5.74) is 14.8. The van der Waals surface area contributed by atoms with E-state index in [1.165, 1.54) is 61.1 Å². The number of hydrogen-bond donors (Lipinski definition) is 0. The van der Waals surface area contributed by atoms with E-state index in [1.54, 1.807) is 0 Å². The number of nitrogens with zero attached hydrogens (tertiary/aromatic N) is 4. The van der Waals surface area contributed by atoms with Gasteiger partial charge in [-0.25, -0.2) is 9.67 Å². The maximum atomic E-state index is 6.83. The van der Waals surface area contributed by atoms with Crippen molar-refractivity contribution in [1.82, 2.24) is 19.3 Å².